The van der Waals surface area contributed by atoms with Crippen molar-refractivity contribution in [2.75, 3.05) is 0 Å². The van der Waals surface area contributed by atoms with Crippen LogP contribution in [0.2, 0.25) is 0 Å². The van der Waals surface area contributed by atoms with E-state index in [4.69, 9.17) is 4.74 Å². The van der Waals surface area contributed by atoms with Gasteiger partial charge in [-0.25, -0.2) is 14.8 Å². The standard InChI is InChI=1S/C16H12F5N3O2S.C2H6/c1-24-10-11(9-23-16(24)25)14-3-2-8-22-15(14)26-12-4-6-13(7-5-12)27(17,18,19,20)21;1-2/h2-10H,1H3;1-2H3. The molecular weight excluding hydrogens is 417 g/mol. The minimum atomic E-state index is -9.74. The average Bonchev–Trinajstić information content (AvgIpc) is 2.65. The van der Waals surface area contributed by atoms with Crippen LogP contribution >= 0.6 is 10.2 Å². The molecule has 2 aromatic heterocycles. The van der Waals surface area contributed by atoms with E-state index in [0.717, 1.165) is 12.1 Å². The van der Waals surface area contributed by atoms with Gasteiger partial charge in [-0.1, -0.05) is 33.3 Å². The van der Waals surface area contributed by atoms with E-state index in [-0.39, 0.29) is 23.8 Å². The van der Waals surface area contributed by atoms with Gasteiger partial charge < -0.3 is 9.30 Å². The normalized spacial score (nSPS) is 13.5. The van der Waals surface area contributed by atoms with Crippen molar-refractivity contribution in [2.45, 2.75) is 18.7 Å². The first-order chi connectivity index (χ1) is 13.3. The van der Waals surface area contributed by atoms with Gasteiger partial charge in [0.2, 0.25) is 5.88 Å². The number of hydrogen-bond donors (Lipinski definition) is 0. The zero-order valence-electron chi connectivity index (χ0n) is 15.7. The van der Waals surface area contributed by atoms with Gasteiger partial charge in [-0.3, -0.25) is 0 Å². The number of benzene rings is 1. The molecule has 0 unspecified atom stereocenters. The zero-order chi connectivity index (χ0) is 21.9. The first kappa shape index (κ1) is 22.3. The fraction of sp³-hybridized carbons (Fsp3) is 0.167. The van der Waals surface area contributed by atoms with Gasteiger partial charge in [-0.05, 0) is 36.4 Å². The van der Waals surface area contributed by atoms with Gasteiger partial charge in [0.1, 0.15) is 10.6 Å². The van der Waals surface area contributed by atoms with Crippen LogP contribution in [0.3, 0.4) is 0 Å². The summed E-state index contributed by atoms with van der Waals surface area (Å²) in [4.78, 5) is 17.1. The molecule has 3 aromatic rings. The van der Waals surface area contributed by atoms with Crippen molar-refractivity contribution in [3.05, 3.63) is 65.5 Å². The lowest BCUT2D eigenvalue weighted by molar-refractivity contribution is 0.363. The van der Waals surface area contributed by atoms with Crippen LogP contribution in [0.5, 0.6) is 11.6 Å². The lowest BCUT2D eigenvalue weighted by Crippen LogP contribution is -2.18. The summed E-state index contributed by atoms with van der Waals surface area (Å²) in [5.41, 5.74) is 0.415. The van der Waals surface area contributed by atoms with Crippen molar-refractivity contribution in [3.63, 3.8) is 0 Å². The Bertz CT molecular complexity index is 1070. The molecule has 11 heteroatoms. The maximum atomic E-state index is 12.8. The van der Waals surface area contributed by atoms with E-state index in [1.54, 1.807) is 12.1 Å². The molecule has 0 atom stereocenters. The average molecular weight is 435 g/mol. The van der Waals surface area contributed by atoms with Gasteiger partial charge in [0.25, 0.3) is 0 Å². The van der Waals surface area contributed by atoms with Crippen molar-refractivity contribution in [3.8, 4) is 22.8 Å². The molecule has 2 heterocycles. The highest BCUT2D eigenvalue weighted by molar-refractivity contribution is 8.45. The summed E-state index contributed by atoms with van der Waals surface area (Å²) in [6.07, 6.45) is 4.16. The molecule has 0 amide bonds. The van der Waals surface area contributed by atoms with E-state index in [0.29, 0.717) is 11.1 Å². The van der Waals surface area contributed by atoms with Gasteiger partial charge in [-0.15, -0.1) is 0 Å². The Balaban J connectivity index is 0.00000145. The second-order valence-corrected chi connectivity index (χ2v) is 8.04. The van der Waals surface area contributed by atoms with Crippen LogP contribution in [0.15, 0.2) is 64.7 Å². The SMILES string of the molecule is CC.Cn1cc(-c2cccnc2Oc2ccc(S(F)(F)(F)(F)F)cc2)cnc1=O. The zero-order valence-corrected chi connectivity index (χ0v) is 16.5. The fourth-order valence-corrected chi connectivity index (χ4v) is 2.87. The predicted molar refractivity (Wildman–Crippen MR) is 102 cm³/mol. The van der Waals surface area contributed by atoms with E-state index in [9.17, 15) is 24.2 Å². The maximum Gasteiger partial charge on any atom is 0.347 e. The molecule has 158 valence electrons. The van der Waals surface area contributed by atoms with Crippen molar-refractivity contribution in [2.24, 2.45) is 7.05 Å². The molecule has 0 spiro atoms. The van der Waals surface area contributed by atoms with Gasteiger partial charge >= 0.3 is 15.9 Å². The Kier molecular flexibility index (Phi) is 5.50. The number of pyridine rings is 1. The highest BCUT2D eigenvalue weighted by Gasteiger charge is 2.65. The third-order valence-corrected chi connectivity index (χ3v) is 4.68. The summed E-state index contributed by atoms with van der Waals surface area (Å²) in [7, 11) is -8.25. The molecular formula is C18H18F5N3O2S. The molecule has 0 aliphatic carbocycles. The molecule has 0 aliphatic heterocycles. The van der Waals surface area contributed by atoms with Gasteiger partial charge in [0, 0.05) is 36.8 Å². The summed E-state index contributed by atoms with van der Waals surface area (Å²) in [5, 5.41) is 0. The Morgan fingerprint density at radius 1 is 0.966 bits per heavy atom. The maximum absolute atomic E-state index is 12.8. The Morgan fingerprint density at radius 3 is 2.14 bits per heavy atom. The smallest absolute Gasteiger partial charge is 0.347 e. The molecule has 0 N–H and O–H groups in total. The molecule has 0 saturated carbocycles. The van der Waals surface area contributed by atoms with Crippen LogP contribution in [0.1, 0.15) is 13.8 Å². The molecule has 0 saturated heterocycles. The Labute approximate surface area is 163 Å². The monoisotopic (exact) mass is 435 g/mol. The van der Waals surface area contributed by atoms with Crippen LogP contribution in [-0.4, -0.2) is 14.5 Å². The number of rotatable bonds is 4. The van der Waals surface area contributed by atoms with E-state index in [1.165, 1.54) is 30.2 Å². The van der Waals surface area contributed by atoms with E-state index in [2.05, 4.69) is 9.97 Å². The largest absolute Gasteiger partial charge is 0.438 e. The molecule has 0 aliphatic rings. The molecule has 1 aromatic carbocycles. The topological polar surface area (TPSA) is 57.0 Å². The lowest BCUT2D eigenvalue weighted by atomic mass is 10.1. The summed E-state index contributed by atoms with van der Waals surface area (Å²) in [6.45, 7) is 4.00. The quantitative estimate of drug-likeness (QED) is 0.450. The lowest BCUT2D eigenvalue weighted by Gasteiger charge is -2.40. The number of aromatic nitrogens is 3. The van der Waals surface area contributed by atoms with Crippen molar-refractivity contribution in [1.29, 1.82) is 0 Å². The van der Waals surface area contributed by atoms with Gasteiger partial charge in [0.15, 0.2) is 0 Å². The summed E-state index contributed by atoms with van der Waals surface area (Å²) in [6, 6.07) is 5.27. The first-order valence-corrected chi connectivity index (χ1v) is 10.3. The van der Waals surface area contributed by atoms with Gasteiger partial charge in [0.05, 0.1) is 0 Å². The van der Waals surface area contributed by atoms with Crippen LogP contribution in [0.25, 0.3) is 11.1 Å². The molecule has 0 bridgehead atoms. The molecule has 29 heavy (non-hydrogen) atoms. The summed E-state index contributed by atoms with van der Waals surface area (Å²) >= 11 is 0. The molecule has 5 nitrogen and oxygen atoms in total. The van der Waals surface area contributed by atoms with Crippen LogP contribution in [0, 0.1) is 0 Å². The number of halogens is 5. The predicted octanol–water partition coefficient (Wildman–Crippen LogP) is 6.32. The third kappa shape index (κ3) is 5.53. The number of ether oxygens (including phenoxy) is 1. The molecule has 0 radical (unpaired) electrons. The molecule has 0 fully saturated rings. The third-order valence-electron chi connectivity index (χ3n) is 3.51. The number of aryl methyl sites for hydroxylation is 1. The van der Waals surface area contributed by atoms with Crippen molar-refractivity contribution in [1.82, 2.24) is 14.5 Å². The highest BCUT2D eigenvalue weighted by atomic mass is 32.5. The van der Waals surface area contributed by atoms with E-state index in [1.807, 2.05) is 13.8 Å². The number of hydrogen-bond acceptors (Lipinski definition) is 4. The second kappa shape index (κ2) is 7.14. The Morgan fingerprint density at radius 2 is 1.59 bits per heavy atom. The summed E-state index contributed by atoms with van der Waals surface area (Å²) in [5.74, 6) is -0.101. The van der Waals surface area contributed by atoms with Crippen LogP contribution in [-0.2, 0) is 7.05 Å². The minimum absolute atomic E-state index is 0.0121. The van der Waals surface area contributed by atoms with Gasteiger partial charge in [-0.2, -0.15) is 0 Å². The summed E-state index contributed by atoms with van der Waals surface area (Å²) < 4.78 is 70.5. The van der Waals surface area contributed by atoms with Crippen molar-refractivity contribution >= 4 is 10.2 Å². The second-order valence-electron chi connectivity index (χ2n) is 5.63. The van der Waals surface area contributed by atoms with Crippen LogP contribution < -0.4 is 10.4 Å². The van der Waals surface area contributed by atoms with Crippen LogP contribution in [0.4, 0.5) is 19.4 Å². The Hall–Kier alpha value is -2.95. The number of nitrogens with zero attached hydrogens (tertiary/aromatic N) is 3. The minimum Gasteiger partial charge on any atom is -0.438 e. The first-order valence-electron chi connectivity index (χ1n) is 8.33. The fourth-order valence-electron chi connectivity index (χ4n) is 2.22. The van der Waals surface area contributed by atoms with Crippen molar-refractivity contribution < 1.29 is 24.2 Å². The highest BCUT2D eigenvalue weighted by Crippen LogP contribution is 3.02. The van der Waals surface area contributed by atoms with E-state index >= 15 is 0 Å². The molecule has 3 rings (SSSR count). The van der Waals surface area contributed by atoms with E-state index < -0.39 is 20.8 Å².